The molecule has 0 spiro atoms. The second kappa shape index (κ2) is 12.7. The number of aliphatic carboxylic acids is 1. The Morgan fingerprint density at radius 3 is 2.04 bits per heavy atom. The lowest BCUT2D eigenvalue weighted by atomic mass is 10.2. The molecule has 3 N–H and O–H groups in total. The Hall–Kier alpha value is -2.65. The molecule has 0 saturated heterocycles. The van der Waals surface area contributed by atoms with Gasteiger partial charge in [-0.1, -0.05) is 0 Å². The van der Waals surface area contributed by atoms with Crippen molar-refractivity contribution in [3.8, 4) is 5.75 Å². The minimum atomic E-state index is -1.56. The average Bonchev–Trinajstić information content (AvgIpc) is 2.62. The maximum atomic E-state index is 11.2. The number of hydrogen-bond donors (Lipinski definition) is 2. The molecule has 26 heavy (non-hydrogen) atoms. The first-order valence-electron chi connectivity index (χ1n) is 8.04. The summed E-state index contributed by atoms with van der Waals surface area (Å²) in [5.41, 5.74) is 6.24. The first-order chi connectivity index (χ1) is 12.5. The number of ether oxygens (including phenoxy) is 4. The SMILES string of the molecule is Nc1ccc(OCCOCCOCCOC(=O)CCC(=O)C(=O)O)cc1. The minimum Gasteiger partial charge on any atom is -0.491 e. The van der Waals surface area contributed by atoms with E-state index in [9.17, 15) is 14.4 Å². The summed E-state index contributed by atoms with van der Waals surface area (Å²) in [5.74, 6) is -2.50. The predicted octanol–water partition coefficient (Wildman–Crippen LogP) is 0.658. The van der Waals surface area contributed by atoms with Gasteiger partial charge in [-0.15, -0.1) is 0 Å². The fraction of sp³-hybridized carbons (Fsp3) is 0.471. The molecule has 0 radical (unpaired) electrons. The van der Waals surface area contributed by atoms with Crippen LogP contribution in [0.2, 0.25) is 0 Å². The van der Waals surface area contributed by atoms with Crippen molar-refractivity contribution in [1.29, 1.82) is 0 Å². The number of hydrogen-bond acceptors (Lipinski definition) is 8. The quantitative estimate of drug-likeness (QED) is 0.210. The summed E-state index contributed by atoms with van der Waals surface area (Å²) >= 11 is 0. The summed E-state index contributed by atoms with van der Waals surface area (Å²) in [7, 11) is 0. The van der Waals surface area contributed by atoms with Crippen LogP contribution in [0.5, 0.6) is 5.75 Å². The standard InChI is InChI=1S/C17H23NO8/c18-13-1-3-14(4-2-13)25-11-9-23-7-8-24-10-12-26-16(20)6-5-15(19)17(21)22/h1-4H,5-12,18H2,(H,21,22). The number of carbonyl (C=O) groups is 3. The highest BCUT2D eigenvalue weighted by atomic mass is 16.6. The van der Waals surface area contributed by atoms with Crippen molar-refractivity contribution in [2.45, 2.75) is 12.8 Å². The molecule has 0 saturated carbocycles. The van der Waals surface area contributed by atoms with Gasteiger partial charge in [-0.25, -0.2) is 4.79 Å². The Morgan fingerprint density at radius 1 is 0.846 bits per heavy atom. The maximum absolute atomic E-state index is 11.2. The number of esters is 1. The third kappa shape index (κ3) is 10.3. The lowest BCUT2D eigenvalue weighted by Gasteiger charge is -2.08. The van der Waals surface area contributed by atoms with Gasteiger partial charge in [0.2, 0.25) is 5.78 Å². The molecule has 0 fully saturated rings. The van der Waals surface area contributed by atoms with Gasteiger partial charge in [-0.2, -0.15) is 0 Å². The zero-order valence-corrected chi connectivity index (χ0v) is 14.3. The van der Waals surface area contributed by atoms with Crippen LogP contribution in [0.4, 0.5) is 5.69 Å². The van der Waals surface area contributed by atoms with E-state index < -0.39 is 17.7 Å². The molecule has 0 aliphatic rings. The highest BCUT2D eigenvalue weighted by Gasteiger charge is 2.14. The predicted molar refractivity (Wildman–Crippen MR) is 90.8 cm³/mol. The smallest absolute Gasteiger partial charge is 0.372 e. The molecule has 9 nitrogen and oxygen atoms in total. The van der Waals surface area contributed by atoms with Gasteiger partial charge in [0, 0.05) is 12.1 Å². The zero-order chi connectivity index (χ0) is 19.2. The minimum absolute atomic E-state index is 0.0281. The van der Waals surface area contributed by atoms with Crippen LogP contribution in [0.3, 0.4) is 0 Å². The molecule has 0 aromatic heterocycles. The largest absolute Gasteiger partial charge is 0.491 e. The number of rotatable bonds is 14. The number of carbonyl (C=O) groups excluding carboxylic acids is 2. The highest BCUT2D eigenvalue weighted by Crippen LogP contribution is 2.12. The van der Waals surface area contributed by atoms with Gasteiger partial charge < -0.3 is 29.8 Å². The van der Waals surface area contributed by atoms with E-state index in [1.54, 1.807) is 24.3 Å². The number of nitrogens with two attached hydrogens (primary N) is 1. The summed E-state index contributed by atoms with van der Waals surface area (Å²) in [6.45, 7) is 1.71. The van der Waals surface area contributed by atoms with Gasteiger partial charge in [-0.05, 0) is 24.3 Å². The van der Waals surface area contributed by atoms with E-state index in [-0.39, 0.29) is 26.1 Å². The van der Waals surface area contributed by atoms with Gasteiger partial charge in [0.05, 0.1) is 32.8 Å². The van der Waals surface area contributed by atoms with Crippen LogP contribution in [-0.2, 0) is 28.6 Å². The van der Waals surface area contributed by atoms with Crippen molar-refractivity contribution >= 4 is 23.4 Å². The molecule has 0 unspecified atom stereocenters. The van der Waals surface area contributed by atoms with E-state index in [2.05, 4.69) is 0 Å². The Labute approximate surface area is 151 Å². The van der Waals surface area contributed by atoms with Gasteiger partial charge >= 0.3 is 11.9 Å². The molecular weight excluding hydrogens is 346 g/mol. The average molecular weight is 369 g/mol. The van der Waals surface area contributed by atoms with Crippen molar-refractivity contribution in [3.63, 3.8) is 0 Å². The fourth-order valence-electron chi connectivity index (χ4n) is 1.71. The number of carboxylic acid groups (broad SMARTS) is 1. The molecular formula is C17H23NO8. The van der Waals surface area contributed by atoms with Crippen LogP contribution < -0.4 is 10.5 Å². The normalized spacial score (nSPS) is 10.3. The number of Topliss-reactive ketones (excluding diaryl/α,β-unsaturated/α-hetero) is 1. The molecule has 0 aliphatic heterocycles. The Kier molecular flexibility index (Phi) is 10.4. The van der Waals surface area contributed by atoms with Gasteiger partial charge in [-0.3, -0.25) is 9.59 Å². The van der Waals surface area contributed by atoms with Crippen molar-refractivity contribution in [1.82, 2.24) is 0 Å². The number of nitrogen functional groups attached to an aromatic ring is 1. The Bertz CT molecular complexity index is 573. The topological polar surface area (TPSA) is 134 Å². The fourth-order valence-corrected chi connectivity index (χ4v) is 1.71. The van der Waals surface area contributed by atoms with Crippen LogP contribution >= 0.6 is 0 Å². The molecule has 144 valence electrons. The summed E-state index contributed by atoms with van der Waals surface area (Å²) in [6.07, 6.45) is -0.635. The summed E-state index contributed by atoms with van der Waals surface area (Å²) in [6, 6.07) is 7.05. The molecule has 1 aromatic rings. The second-order valence-corrected chi connectivity index (χ2v) is 5.09. The molecule has 0 atom stereocenters. The number of benzene rings is 1. The van der Waals surface area contributed by atoms with Crippen LogP contribution in [0, 0.1) is 0 Å². The highest BCUT2D eigenvalue weighted by molar-refractivity contribution is 6.32. The first-order valence-corrected chi connectivity index (χ1v) is 8.04. The lowest BCUT2D eigenvalue weighted by molar-refractivity contribution is -0.151. The summed E-state index contributed by atoms with van der Waals surface area (Å²) < 4.78 is 20.8. The molecule has 1 rings (SSSR count). The molecule has 0 aliphatic carbocycles. The van der Waals surface area contributed by atoms with E-state index in [0.717, 1.165) is 0 Å². The third-order valence-electron chi connectivity index (χ3n) is 3.03. The lowest BCUT2D eigenvalue weighted by Crippen LogP contribution is -2.17. The van der Waals surface area contributed by atoms with Crippen LogP contribution in [0.25, 0.3) is 0 Å². The van der Waals surface area contributed by atoms with Crippen molar-refractivity contribution in [2.24, 2.45) is 0 Å². The van der Waals surface area contributed by atoms with Crippen LogP contribution in [0.15, 0.2) is 24.3 Å². The number of ketones is 1. The van der Waals surface area contributed by atoms with Crippen molar-refractivity contribution in [3.05, 3.63) is 24.3 Å². The van der Waals surface area contributed by atoms with Gasteiger partial charge in [0.1, 0.15) is 19.0 Å². The monoisotopic (exact) mass is 369 g/mol. The maximum Gasteiger partial charge on any atom is 0.372 e. The third-order valence-corrected chi connectivity index (χ3v) is 3.03. The molecule has 0 heterocycles. The van der Waals surface area contributed by atoms with E-state index >= 15 is 0 Å². The van der Waals surface area contributed by atoms with E-state index in [4.69, 9.17) is 29.8 Å². The first kappa shape index (κ1) is 21.4. The Morgan fingerprint density at radius 2 is 1.42 bits per heavy atom. The van der Waals surface area contributed by atoms with Crippen LogP contribution in [-0.4, -0.2) is 62.5 Å². The zero-order valence-electron chi connectivity index (χ0n) is 14.3. The Balaban J connectivity index is 1.88. The van der Waals surface area contributed by atoms with E-state index in [0.29, 0.717) is 37.9 Å². The van der Waals surface area contributed by atoms with Gasteiger partial charge in [0.25, 0.3) is 0 Å². The molecule has 9 heteroatoms. The molecule has 0 bridgehead atoms. The van der Waals surface area contributed by atoms with Gasteiger partial charge in [0.15, 0.2) is 0 Å². The van der Waals surface area contributed by atoms with Crippen molar-refractivity contribution < 1.29 is 38.4 Å². The van der Waals surface area contributed by atoms with Crippen LogP contribution in [0.1, 0.15) is 12.8 Å². The van der Waals surface area contributed by atoms with Crippen molar-refractivity contribution in [2.75, 3.05) is 45.4 Å². The van der Waals surface area contributed by atoms with E-state index in [1.165, 1.54) is 0 Å². The number of anilines is 1. The number of carboxylic acids is 1. The van der Waals surface area contributed by atoms with E-state index in [1.807, 2.05) is 0 Å². The molecule has 1 aromatic carbocycles. The molecule has 0 amide bonds. The summed E-state index contributed by atoms with van der Waals surface area (Å²) in [5, 5.41) is 8.37. The second-order valence-electron chi connectivity index (χ2n) is 5.09. The summed E-state index contributed by atoms with van der Waals surface area (Å²) in [4.78, 5) is 32.3.